The zero-order valence-corrected chi connectivity index (χ0v) is 21.7. The van der Waals surface area contributed by atoms with E-state index >= 15 is 0 Å². The summed E-state index contributed by atoms with van der Waals surface area (Å²) in [6, 6.07) is 21.9. The van der Waals surface area contributed by atoms with E-state index in [1.807, 2.05) is 13.8 Å². The Labute approximate surface area is 211 Å². The molecule has 0 atom stereocenters. The van der Waals surface area contributed by atoms with Gasteiger partial charge in [-0.1, -0.05) is 74.5 Å². The van der Waals surface area contributed by atoms with Crippen LogP contribution in [0.3, 0.4) is 0 Å². The van der Waals surface area contributed by atoms with Gasteiger partial charge in [0.25, 0.3) is 0 Å². The standard InChI is InChI=1S/C20H26N2O.C6H12O2.2ClH/c23-17-7-12-21-13-15-22(16-14-21)20(18-8-3-1-4-9-18)19-10-5-2-6-11-19;1-4-8-6(7)5(2)3;;/h1-6,8-11,20,23H,7,12-17H2;5H,4H2,1-3H3;2*1H. The maximum Gasteiger partial charge on any atom is 0.308 e. The van der Waals surface area contributed by atoms with Gasteiger partial charge in [-0.05, 0) is 24.5 Å². The Hall–Kier alpha value is -1.63. The van der Waals surface area contributed by atoms with Crippen LogP contribution in [0.1, 0.15) is 44.4 Å². The minimum Gasteiger partial charge on any atom is -0.466 e. The van der Waals surface area contributed by atoms with Crippen molar-refractivity contribution in [3.05, 3.63) is 71.8 Å². The van der Waals surface area contributed by atoms with Crippen molar-refractivity contribution in [2.45, 2.75) is 33.2 Å². The molecule has 1 heterocycles. The second-order valence-corrected chi connectivity index (χ2v) is 8.09. The van der Waals surface area contributed by atoms with Gasteiger partial charge in [0.1, 0.15) is 0 Å². The van der Waals surface area contributed by atoms with E-state index in [-0.39, 0.29) is 43.3 Å². The molecule has 7 heteroatoms. The average molecular weight is 500 g/mol. The highest BCUT2D eigenvalue weighted by Gasteiger charge is 2.25. The first-order chi connectivity index (χ1) is 15.1. The van der Waals surface area contributed by atoms with Crippen LogP contribution in [0.25, 0.3) is 0 Å². The normalized spacial score (nSPS) is 14.0. The summed E-state index contributed by atoms with van der Waals surface area (Å²) in [4.78, 5) is 15.6. The molecule has 0 radical (unpaired) electrons. The van der Waals surface area contributed by atoms with Crippen molar-refractivity contribution in [2.24, 2.45) is 5.92 Å². The third-order valence-corrected chi connectivity index (χ3v) is 5.39. The highest BCUT2D eigenvalue weighted by atomic mass is 35.5. The van der Waals surface area contributed by atoms with Crippen molar-refractivity contribution >= 4 is 30.8 Å². The number of hydrogen-bond acceptors (Lipinski definition) is 5. The van der Waals surface area contributed by atoms with Crippen molar-refractivity contribution in [2.75, 3.05) is 45.9 Å². The predicted octanol–water partition coefficient (Wildman–Crippen LogP) is 4.83. The molecule has 5 nitrogen and oxygen atoms in total. The molecule has 186 valence electrons. The Balaban J connectivity index is 0.000000890. The summed E-state index contributed by atoms with van der Waals surface area (Å²) in [5.74, 6) is -0.109. The van der Waals surface area contributed by atoms with Gasteiger partial charge in [-0.2, -0.15) is 0 Å². The lowest BCUT2D eigenvalue weighted by Gasteiger charge is -2.39. The van der Waals surface area contributed by atoms with E-state index in [2.05, 4.69) is 75.2 Å². The zero-order chi connectivity index (χ0) is 22.5. The molecular weight excluding hydrogens is 459 g/mol. The Morgan fingerprint density at radius 1 is 0.909 bits per heavy atom. The summed E-state index contributed by atoms with van der Waals surface area (Å²) in [7, 11) is 0. The van der Waals surface area contributed by atoms with Gasteiger partial charge in [0, 0.05) is 39.3 Å². The average Bonchev–Trinajstić information content (AvgIpc) is 2.81. The highest BCUT2D eigenvalue weighted by Crippen LogP contribution is 2.29. The van der Waals surface area contributed by atoms with Crippen LogP contribution in [0.5, 0.6) is 0 Å². The number of aliphatic hydroxyl groups is 1. The van der Waals surface area contributed by atoms with Crippen LogP contribution in [0.15, 0.2) is 60.7 Å². The molecule has 0 amide bonds. The van der Waals surface area contributed by atoms with E-state index in [1.54, 1.807) is 6.92 Å². The molecule has 0 bridgehead atoms. The van der Waals surface area contributed by atoms with Crippen LogP contribution >= 0.6 is 24.8 Å². The molecule has 1 fully saturated rings. The lowest BCUT2D eigenvalue weighted by Crippen LogP contribution is -2.48. The van der Waals surface area contributed by atoms with E-state index in [0.29, 0.717) is 12.6 Å². The number of aliphatic hydroxyl groups excluding tert-OH is 1. The van der Waals surface area contributed by atoms with Gasteiger partial charge in [-0.3, -0.25) is 9.69 Å². The molecule has 1 aliphatic rings. The van der Waals surface area contributed by atoms with Crippen LogP contribution in [-0.2, 0) is 9.53 Å². The monoisotopic (exact) mass is 498 g/mol. The van der Waals surface area contributed by atoms with Gasteiger partial charge in [0.05, 0.1) is 18.6 Å². The predicted molar refractivity (Wildman–Crippen MR) is 140 cm³/mol. The summed E-state index contributed by atoms with van der Waals surface area (Å²) in [6.45, 7) is 11.5. The molecule has 0 unspecified atom stereocenters. The van der Waals surface area contributed by atoms with Crippen molar-refractivity contribution < 1.29 is 14.6 Å². The van der Waals surface area contributed by atoms with Gasteiger partial charge in [-0.25, -0.2) is 0 Å². The van der Waals surface area contributed by atoms with Crippen LogP contribution in [0.2, 0.25) is 0 Å². The first-order valence-corrected chi connectivity index (χ1v) is 11.4. The molecular formula is C26H40Cl2N2O3. The van der Waals surface area contributed by atoms with Crippen LogP contribution < -0.4 is 0 Å². The van der Waals surface area contributed by atoms with Crippen molar-refractivity contribution in [3.63, 3.8) is 0 Å². The van der Waals surface area contributed by atoms with Gasteiger partial charge in [0.2, 0.25) is 0 Å². The maximum absolute atomic E-state index is 10.5. The summed E-state index contributed by atoms with van der Waals surface area (Å²) >= 11 is 0. The van der Waals surface area contributed by atoms with Crippen molar-refractivity contribution in [1.29, 1.82) is 0 Å². The summed E-state index contributed by atoms with van der Waals surface area (Å²) in [6.07, 6.45) is 0.876. The smallest absolute Gasteiger partial charge is 0.308 e. The van der Waals surface area contributed by atoms with Crippen LogP contribution in [-0.4, -0.2) is 66.8 Å². The second-order valence-electron chi connectivity index (χ2n) is 8.09. The SMILES string of the molecule is CCOC(=O)C(C)C.Cl.Cl.OCCCN1CCN(C(c2ccccc2)c2ccccc2)CC1. The molecule has 1 saturated heterocycles. The maximum atomic E-state index is 10.5. The zero-order valence-electron chi connectivity index (χ0n) is 20.1. The minimum atomic E-state index is -0.118. The number of hydrogen-bond donors (Lipinski definition) is 1. The summed E-state index contributed by atoms with van der Waals surface area (Å²) in [5.41, 5.74) is 2.73. The molecule has 0 aliphatic carbocycles. The van der Waals surface area contributed by atoms with E-state index in [0.717, 1.165) is 39.1 Å². The number of benzene rings is 2. The first-order valence-electron chi connectivity index (χ1n) is 11.4. The fourth-order valence-electron chi connectivity index (χ4n) is 3.73. The fourth-order valence-corrected chi connectivity index (χ4v) is 3.73. The largest absolute Gasteiger partial charge is 0.466 e. The number of nitrogens with zero attached hydrogens (tertiary/aromatic N) is 2. The lowest BCUT2D eigenvalue weighted by molar-refractivity contribution is -0.146. The van der Waals surface area contributed by atoms with E-state index < -0.39 is 0 Å². The number of ether oxygens (including phenoxy) is 1. The number of piperazine rings is 1. The summed E-state index contributed by atoms with van der Waals surface area (Å²) < 4.78 is 4.66. The highest BCUT2D eigenvalue weighted by molar-refractivity contribution is 5.85. The molecule has 0 aromatic heterocycles. The topological polar surface area (TPSA) is 53.0 Å². The molecule has 33 heavy (non-hydrogen) atoms. The summed E-state index contributed by atoms with van der Waals surface area (Å²) in [5, 5.41) is 9.00. The van der Waals surface area contributed by atoms with Crippen LogP contribution in [0.4, 0.5) is 0 Å². The number of carbonyl (C=O) groups excluding carboxylic acids is 1. The van der Waals surface area contributed by atoms with Gasteiger partial charge in [0.15, 0.2) is 0 Å². The molecule has 1 N–H and O–H groups in total. The Morgan fingerprint density at radius 3 is 1.76 bits per heavy atom. The molecule has 1 aliphatic heterocycles. The van der Waals surface area contributed by atoms with E-state index in [9.17, 15) is 4.79 Å². The quantitative estimate of drug-likeness (QED) is 0.528. The van der Waals surface area contributed by atoms with Crippen LogP contribution in [0, 0.1) is 5.92 Å². The third kappa shape index (κ3) is 10.9. The number of carbonyl (C=O) groups is 1. The number of esters is 1. The third-order valence-electron chi connectivity index (χ3n) is 5.39. The Morgan fingerprint density at radius 2 is 1.39 bits per heavy atom. The molecule has 2 aromatic rings. The van der Waals surface area contributed by atoms with E-state index in [4.69, 9.17) is 5.11 Å². The van der Waals surface area contributed by atoms with Gasteiger partial charge < -0.3 is 14.7 Å². The molecule has 0 saturated carbocycles. The van der Waals surface area contributed by atoms with Gasteiger partial charge in [-0.15, -0.1) is 24.8 Å². The first kappa shape index (κ1) is 31.4. The minimum absolute atomic E-state index is 0. The Bertz CT molecular complexity index is 700. The Kier molecular flexibility index (Phi) is 16.9. The molecule has 2 aromatic carbocycles. The second kappa shape index (κ2) is 17.8. The fraction of sp³-hybridized carbons (Fsp3) is 0.500. The van der Waals surface area contributed by atoms with Gasteiger partial charge >= 0.3 is 5.97 Å². The lowest BCUT2D eigenvalue weighted by atomic mass is 9.96. The van der Waals surface area contributed by atoms with E-state index in [1.165, 1.54) is 11.1 Å². The number of rotatable bonds is 8. The number of halogens is 2. The molecule has 3 rings (SSSR count). The molecule has 0 spiro atoms. The van der Waals surface area contributed by atoms with Crippen molar-refractivity contribution in [3.8, 4) is 0 Å². The van der Waals surface area contributed by atoms with Crippen molar-refractivity contribution in [1.82, 2.24) is 9.80 Å².